The van der Waals surface area contributed by atoms with Gasteiger partial charge in [-0.05, 0) is 61.6 Å². The van der Waals surface area contributed by atoms with Gasteiger partial charge in [0.15, 0.2) is 9.84 Å². The Morgan fingerprint density at radius 1 is 1.16 bits per heavy atom. The van der Waals surface area contributed by atoms with Crippen molar-refractivity contribution in [2.24, 2.45) is 5.92 Å². The van der Waals surface area contributed by atoms with Crippen LogP contribution in [0.15, 0.2) is 53.4 Å². The summed E-state index contributed by atoms with van der Waals surface area (Å²) >= 11 is 11.9. The van der Waals surface area contributed by atoms with Crippen LogP contribution in [0.2, 0.25) is 10.0 Å². The maximum absolute atomic E-state index is 12.8. The van der Waals surface area contributed by atoms with E-state index >= 15 is 0 Å². The Balaban J connectivity index is 0.000000423. The lowest BCUT2D eigenvalue weighted by Gasteiger charge is -2.14. The minimum absolute atomic E-state index is 0.144. The zero-order valence-electron chi connectivity index (χ0n) is 16.5. The van der Waals surface area contributed by atoms with E-state index in [2.05, 4.69) is 0 Å². The number of amides is 1. The van der Waals surface area contributed by atoms with Crippen LogP contribution in [0.25, 0.3) is 0 Å². The fourth-order valence-electron chi connectivity index (χ4n) is 3.18. The van der Waals surface area contributed by atoms with Crippen LogP contribution in [-0.4, -0.2) is 38.0 Å². The SMILES string of the molecule is N#CCNC(=O)O.O=S(=O)(c1ccccc1Cl)[C@@H]1CC[C@@H](COc2ccc(Cl)cc2)C1. The Labute approximate surface area is 191 Å². The quantitative estimate of drug-likeness (QED) is 0.569. The topological polar surface area (TPSA) is 116 Å². The molecule has 1 amide bonds. The Hall–Kier alpha value is -2.47. The molecule has 0 aliphatic heterocycles. The Morgan fingerprint density at radius 3 is 2.42 bits per heavy atom. The van der Waals surface area contributed by atoms with Gasteiger partial charge in [0.1, 0.15) is 12.3 Å². The van der Waals surface area contributed by atoms with Crippen molar-refractivity contribution in [3.05, 3.63) is 58.6 Å². The third kappa shape index (κ3) is 7.62. The number of nitriles is 1. The lowest BCUT2D eigenvalue weighted by molar-refractivity contribution is 0.196. The lowest BCUT2D eigenvalue weighted by atomic mass is 10.1. The summed E-state index contributed by atoms with van der Waals surface area (Å²) in [4.78, 5) is 9.73. The van der Waals surface area contributed by atoms with Gasteiger partial charge in [-0.15, -0.1) is 0 Å². The molecule has 31 heavy (non-hydrogen) atoms. The number of ether oxygens (including phenoxy) is 1. The molecule has 2 atom stereocenters. The molecule has 0 aromatic heterocycles. The summed E-state index contributed by atoms with van der Waals surface area (Å²) in [5.74, 6) is 0.972. The maximum atomic E-state index is 12.8. The second-order valence-electron chi connectivity index (χ2n) is 6.86. The lowest BCUT2D eigenvalue weighted by Crippen LogP contribution is -2.20. The van der Waals surface area contributed by atoms with Gasteiger partial charge in [0.2, 0.25) is 0 Å². The molecule has 1 aliphatic rings. The summed E-state index contributed by atoms with van der Waals surface area (Å²) in [6, 6.07) is 15.4. The largest absolute Gasteiger partial charge is 0.493 e. The molecule has 0 saturated heterocycles. The summed E-state index contributed by atoms with van der Waals surface area (Å²) in [5, 5.41) is 17.9. The van der Waals surface area contributed by atoms with E-state index in [-0.39, 0.29) is 17.4 Å². The highest BCUT2D eigenvalue weighted by Crippen LogP contribution is 2.36. The molecule has 2 N–H and O–H groups in total. The Morgan fingerprint density at radius 2 is 1.84 bits per heavy atom. The number of halogens is 2. The molecule has 0 spiro atoms. The average molecular weight is 485 g/mol. The molecule has 0 heterocycles. The van der Waals surface area contributed by atoms with Crippen LogP contribution in [-0.2, 0) is 9.84 Å². The number of carbonyl (C=O) groups is 1. The van der Waals surface area contributed by atoms with Crippen LogP contribution >= 0.6 is 23.2 Å². The fraction of sp³-hybridized carbons (Fsp3) is 0.333. The number of hydrogen-bond acceptors (Lipinski definition) is 5. The predicted molar refractivity (Wildman–Crippen MR) is 118 cm³/mol. The molecule has 1 saturated carbocycles. The van der Waals surface area contributed by atoms with Crippen LogP contribution in [0.1, 0.15) is 19.3 Å². The normalized spacial score (nSPS) is 17.7. The van der Waals surface area contributed by atoms with E-state index in [4.69, 9.17) is 38.3 Å². The molecule has 1 fully saturated rings. The van der Waals surface area contributed by atoms with Crippen molar-refractivity contribution in [3.8, 4) is 11.8 Å². The van der Waals surface area contributed by atoms with Gasteiger partial charge in [-0.3, -0.25) is 0 Å². The van der Waals surface area contributed by atoms with Crippen molar-refractivity contribution >= 4 is 39.1 Å². The van der Waals surface area contributed by atoms with Gasteiger partial charge in [-0.1, -0.05) is 35.3 Å². The molecular formula is C21H22Cl2N2O5S. The van der Waals surface area contributed by atoms with Gasteiger partial charge in [-0.25, -0.2) is 13.2 Å². The van der Waals surface area contributed by atoms with Crippen LogP contribution in [0.5, 0.6) is 5.75 Å². The van der Waals surface area contributed by atoms with Crippen molar-refractivity contribution in [1.82, 2.24) is 5.32 Å². The van der Waals surface area contributed by atoms with E-state index in [9.17, 15) is 13.2 Å². The summed E-state index contributed by atoms with van der Waals surface area (Å²) in [6.45, 7) is 0.367. The molecule has 0 bridgehead atoms. The van der Waals surface area contributed by atoms with E-state index in [1.165, 1.54) is 0 Å². The van der Waals surface area contributed by atoms with Gasteiger partial charge >= 0.3 is 6.09 Å². The standard InChI is InChI=1S/C18H18Cl2O3S.C3H4N2O2/c19-14-6-8-15(9-7-14)23-12-13-5-10-16(11-13)24(21,22)18-4-2-1-3-17(18)20;4-1-2-5-3(6)7/h1-4,6-9,13,16H,5,10-12H2;5H,2H2,(H,6,7)/t13-,16-;/m1./s1. The molecular weight excluding hydrogens is 463 g/mol. The summed E-state index contributed by atoms with van der Waals surface area (Å²) in [5.41, 5.74) is 0. The van der Waals surface area contributed by atoms with Crippen LogP contribution in [0.3, 0.4) is 0 Å². The number of rotatable bonds is 6. The molecule has 2 aromatic rings. The van der Waals surface area contributed by atoms with Crippen LogP contribution < -0.4 is 10.1 Å². The molecule has 0 unspecified atom stereocenters. The number of carboxylic acid groups (broad SMARTS) is 1. The first-order chi connectivity index (χ1) is 14.7. The number of nitrogens with one attached hydrogen (secondary N) is 1. The summed E-state index contributed by atoms with van der Waals surface area (Å²) < 4.78 is 31.3. The minimum atomic E-state index is -3.40. The molecule has 2 aromatic carbocycles. The molecule has 166 valence electrons. The van der Waals surface area contributed by atoms with Gasteiger partial charge < -0.3 is 15.2 Å². The third-order valence-electron chi connectivity index (χ3n) is 4.69. The van der Waals surface area contributed by atoms with E-state index in [1.807, 2.05) is 17.4 Å². The highest BCUT2D eigenvalue weighted by Gasteiger charge is 2.36. The van der Waals surface area contributed by atoms with Gasteiger partial charge in [-0.2, -0.15) is 5.26 Å². The number of benzene rings is 2. The molecule has 3 rings (SSSR count). The first kappa shape index (κ1) is 24.8. The van der Waals surface area contributed by atoms with E-state index in [0.29, 0.717) is 29.5 Å². The van der Waals surface area contributed by atoms with Gasteiger partial charge in [0.25, 0.3) is 0 Å². The number of sulfone groups is 1. The van der Waals surface area contributed by atoms with Gasteiger partial charge in [0, 0.05) is 5.02 Å². The first-order valence-corrected chi connectivity index (χ1v) is 11.7. The first-order valence-electron chi connectivity index (χ1n) is 9.44. The highest BCUT2D eigenvalue weighted by molar-refractivity contribution is 7.92. The van der Waals surface area contributed by atoms with E-state index in [0.717, 1.165) is 12.2 Å². The monoisotopic (exact) mass is 484 g/mol. The Bertz CT molecular complexity index is 1020. The van der Waals surface area contributed by atoms with Crippen molar-refractivity contribution in [2.45, 2.75) is 29.4 Å². The van der Waals surface area contributed by atoms with Crippen molar-refractivity contribution in [2.75, 3.05) is 13.2 Å². The summed E-state index contributed by atoms with van der Waals surface area (Å²) in [7, 11) is -3.40. The third-order valence-corrected chi connectivity index (χ3v) is 7.66. The smallest absolute Gasteiger partial charge is 0.405 e. The van der Waals surface area contributed by atoms with E-state index < -0.39 is 21.2 Å². The number of nitrogens with zero attached hydrogens (tertiary/aromatic N) is 1. The molecule has 0 radical (unpaired) electrons. The summed E-state index contributed by atoms with van der Waals surface area (Å²) in [6.07, 6.45) is 0.909. The van der Waals surface area contributed by atoms with Crippen molar-refractivity contribution in [1.29, 1.82) is 5.26 Å². The van der Waals surface area contributed by atoms with Gasteiger partial charge in [0.05, 0.1) is 27.8 Å². The van der Waals surface area contributed by atoms with Crippen LogP contribution in [0.4, 0.5) is 4.79 Å². The predicted octanol–water partition coefficient (Wildman–Crippen LogP) is 4.79. The average Bonchev–Trinajstić information content (AvgIpc) is 3.22. The zero-order valence-corrected chi connectivity index (χ0v) is 18.8. The molecule has 7 nitrogen and oxygen atoms in total. The van der Waals surface area contributed by atoms with Crippen molar-refractivity contribution < 1.29 is 23.1 Å². The maximum Gasteiger partial charge on any atom is 0.405 e. The fourth-order valence-corrected chi connectivity index (χ4v) is 5.70. The minimum Gasteiger partial charge on any atom is -0.493 e. The molecule has 10 heteroatoms. The number of hydrogen-bond donors (Lipinski definition) is 2. The highest BCUT2D eigenvalue weighted by atomic mass is 35.5. The zero-order chi connectivity index (χ0) is 22.9. The molecule has 1 aliphatic carbocycles. The second kappa shape index (κ2) is 11.8. The van der Waals surface area contributed by atoms with Crippen molar-refractivity contribution in [3.63, 3.8) is 0 Å². The Kier molecular flexibility index (Phi) is 9.44. The second-order valence-corrected chi connectivity index (χ2v) is 9.90. The van der Waals surface area contributed by atoms with E-state index in [1.54, 1.807) is 42.5 Å². The van der Waals surface area contributed by atoms with Crippen LogP contribution in [0, 0.1) is 17.2 Å².